The van der Waals surface area contributed by atoms with Crippen molar-refractivity contribution in [3.05, 3.63) is 23.8 Å². The third kappa shape index (κ3) is 3.00. The van der Waals surface area contributed by atoms with Crippen LogP contribution in [0.5, 0.6) is 11.5 Å². The van der Waals surface area contributed by atoms with Gasteiger partial charge in [0, 0.05) is 19.6 Å². The Balaban J connectivity index is 1.67. The maximum Gasteiger partial charge on any atom is 0.161 e. The zero-order valence-corrected chi connectivity index (χ0v) is 10.9. The zero-order valence-electron chi connectivity index (χ0n) is 10.9. The van der Waals surface area contributed by atoms with E-state index in [4.69, 9.17) is 14.2 Å². The van der Waals surface area contributed by atoms with Gasteiger partial charge in [-0.3, -0.25) is 4.90 Å². The summed E-state index contributed by atoms with van der Waals surface area (Å²) in [4.78, 5) is 2.21. The number of fused-ring (bicyclic) bond motifs is 1. The topological polar surface area (TPSA) is 51.2 Å². The van der Waals surface area contributed by atoms with E-state index < -0.39 is 6.10 Å². The van der Waals surface area contributed by atoms with Crippen molar-refractivity contribution in [2.75, 3.05) is 46.1 Å². The van der Waals surface area contributed by atoms with Gasteiger partial charge in [-0.25, -0.2) is 0 Å². The van der Waals surface area contributed by atoms with Crippen LogP contribution in [0, 0.1) is 0 Å². The van der Waals surface area contributed by atoms with Crippen molar-refractivity contribution in [3.8, 4) is 11.5 Å². The van der Waals surface area contributed by atoms with Gasteiger partial charge < -0.3 is 19.3 Å². The van der Waals surface area contributed by atoms with Gasteiger partial charge in [-0.1, -0.05) is 6.07 Å². The smallest absolute Gasteiger partial charge is 0.161 e. The minimum atomic E-state index is -0.506. The van der Waals surface area contributed by atoms with E-state index in [1.165, 1.54) is 0 Å². The maximum atomic E-state index is 10.3. The summed E-state index contributed by atoms with van der Waals surface area (Å²) in [7, 11) is 0. The monoisotopic (exact) mass is 265 g/mol. The van der Waals surface area contributed by atoms with E-state index in [0.29, 0.717) is 19.8 Å². The van der Waals surface area contributed by atoms with E-state index >= 15 is 0 Å². The Morgan fingerprint density at radius 2 is 1.79 bits per heavy atom. The van der Waals surface area contributed by atoms with E-state index in [-0.39, 0.29) is 0 Å². The first kappa shape index (κ1) is 12.7. The van der Waals surface area contributed by atoms with Crippen molar-refractivity contribution in [1.29, 1.82) is 0 Å². The third-order valence-corrected chi connectivity index (χ3v) is 3.49. The van der Waals surface area contributed by atoms with E-state index in [0.717, 1.165) is 43.4 Å². The van der Waals surface area contributed by atoms with Crippen LogP contribution in [0.2, 0.25) is 0 Å². The predicted octanol–water partition coefficient (Wildman–Crippen LogP) is 0.823. The molecule has 2 aliphatic rings. The van der Waals surface area contributed by atoms with Crippen LogP contribution in [0.15, 0.2) is 18.2 Å². The molecule has 0 spiro atoms. The number of ether oxygens (including phenoxy) is 3. The van der Waals surface area contributed by atoms with Crippen LogP contribution in [0.4, 0.5) is 0 Å². The van der Waals surface area contributed by atoms with Crippen LogP contribution < -0.4 is 9.47 Å². The Labute approximate surface area is 112 Å². The van der Waals surface area contributed by atoms with Crippen molar-refractivity contribution in [3.63, 3.8) is 0 Å². The molecule has 104 valence electrons. The van der Waals surface area contributed by atoms with Gasteiger partial charge in [0.15, 0.2) is 11.5 Å². The molecule has 1 atom stereocenters. The van der Waals surface area contributed by atoms with Crippen LogP contribution in [0.3, 0.4) is 0 Å². The highest BCUT2D eigenvalue weighted by atomic mass is 16.6. The molecule has 5 heteroatoms. The summed E-state index contributed by atoms with van der Waals surface area (Å²) in [5, 5.41) is 10.3. The number of aliphatic hydroxyl groups excluding tert-OH is 1. The molecule has 2 aliphatic heterocycles. The normalized spacial score (nSPS) is 21.1. The molecule has 0 radical (unpaired) electrons. The Hall–Kier alpha value is -1.30. The Morgan fingerprint density at radius 3 is 2.58 bits per heavy atom. The van der Waals surface area contributed by atoms with Gasteiger partial charge in [-0.15, -0.1) is 0 Å². The highest BCUT2D eigenvalue weighted by Crippen LogP contribution is 2.32. The molecule has 1 fully saturated rings. The number of nitrogens with zero attached hydrogens (tertiary/aromatic N) is 1. The first-order valence-corrected chi connectivity index (χ1v) is 6.70. The lowest BCUT2D eigenvalue weighted by atomic mass is 10.1. The number of hydrogen-bond donors (Lipinski definition) is 1. The molecule has 0 aromatic heterocycles. The average Bonchev–Trinajstić information content (AvgIpc) is 2.48. The van der Waals surface area contributed by atoms with Crippen LogP contribution in [0.25, 0.3) is 0 Å². The Bertz CT molecular complexity index is 431. The van der Waals surface area contributed by atoms with Gasteiger partial charge in [0.05, 0.1) is 19.3 Å². The van der Waals surface area contributed by atoms with E-state index in [1.807, 2.05) is 18.2 Å². The Kier molecular flexibility index (Phi) is 3.87. The fourth-order valence-electron chi connectivity index (χ4n) is 2.40. The van der Waals surface area contributed by atoms with Crippen LogP contribution in [-0.4, -0.2) is 56.1 Å². The van der Waals surface area contributed by atoms with E-state index in [9.17, 15) is 5.11 Å². The number of morpholine rings is 1. The number of benzene rings is 1. The van der Waals surface area contributed by atoms with Gasteiger partial charge in [0.1, 0.15) is 13.2 Å². The minimum absolute atomic E-state index is 0.506. The molecule has 1 saturated heterocycles. The molecule has 1 N–H and O–H groups in total. The molecule has 3 rings (SSSR count). The molecular weight excluding hydrogens is 246 g/mol. The van der Waals surface area contributed by atoms with Crippen molar-refractivity contribution in [2.24, 2.45) is 0 Å². The summed E-state index contributed by atoms with van der Waals surface area (Å²) in [6, 6.07) is 5.64. The average molecular weight is 265 g/mol. The quantitative estimate of drug-likeness (QED) is 0.877. The molecule has 2 heterocycles. The fraction of sp³-hybridized carbons (Fsp3) is 0.571. The lowest BCUT2D eigenvalue weighted by Crippen LogP contribution is -2.38. The van der Waals surface area contributed by atoms with Crippen LogP contribution in [-0.2, 0) is 4.74 Å². The van der Waals surface area contributed by atoms with Gasteiger partial charge in [0.2, 0.25) is 0 Å². The van der Waals surface area contributed by atoms with Gasteiger partial charge >= 0.3 is 0 Å². The van der Waals surface area contributed by atoms with Crippen molar-refractivity contribution >= 4 is 0 Å². The molecule has 0 bridgehead atoms. The van der Waals surface area contributed by atoms with Crippen molar-refractivity contribution in [1.82, 2.24) is 4.90 Å². The van der Waals surface area contributed by atoms with Crippen LogP contribution >= 0.6 is 0 Å². The molecule has 1 aromatic rings. The maximum absolute atomic E-state index is 10.3. The molecule has 5 nitrogen and oxygen atoms in total. The number of rotatable bonds is 3. The van der Waals surface area contributed by atoms with Crippen LogP contribution in [0.1, 0.15) is 11.7 Å². The highest BCUT2D eigenvalue weighted by Gasteiger charge is 2.19. The molecule has 0 unspecified atom stereocenters. The molecule has 0 saturated carbocycles. The van der Waals surface area contributed by atoms with Gasteiger partial charge in [-0.2, -0.15) is 0 Å². The van der Waals surface area contributed by atoms with Crippen molar-refractivity contribution < 1.29 is 19.3 Å². The van der Waals surface area contributed by atoms with E-state index in [2.05, 4.69) is 4.90 Å². The highest BCUT2D eigenvalue weighted by molar-refractivity contribution is 5.44. The second kappa shape index (κ2) is 5.77. The number of β-amino-alcohol motifs (C(OH)–C–C–N with tert-alkyl or cyclic N) is 1. The first-order valence-electron chi connectivity index (χ1n) is 6.70. The lowest BCUT2D eigenvalue weighted by molar-refractivity contribution is 0.0142. The summed E-state index contributed by atoms with van der Waals surface area (Å²) in [6.07, 6.45) is -0.506. The molecule has 0 aliphatic carbocycles. The van der Waals surface area contributed by atoms with Gasteiger partial charge in [0.25, 0.3) is 0 Å². The first-order chi connectivity index (χ1) is 9.33. The summed E-state index contributed by atoms with van der Waals surface area (Å²) in [6.45, 7) is 5.02. The standard InChI is InChI=1S/C14H19NO4/c16-12(10-15-3-5-17-6-4-15)11-1-2-13-14(9-11)19-8-7-18-13/h1-2,9,12,16H,3-8,10H2/t12-/m1/s1. The second-order valence-corrected chi connectivity index (χ2v) is 4.83. The van der Waals surface area contributed by atoms with Crippen molar-refractivity contribution in [2.45, 2.75) is 6.10 Å². The minimum Gasteiger partial charge on any atom is -0.486 e. The Morgan fingerprint density at radius 1 is 1.05 bits per heavy atom. The summed E-state index contributed by atoms with van der Waals surface area (Å²) in [5.41, 5.74) is 0.871. The summed E-state index contributed by atoms with van der Waals surface area (Å²) < 4.78 is 16.3. The third-order valence-electron chi connectivity index (χ3n) is 3.49. The summed E-state index contributed by atoms with van der Waals surface area (Å²) >= 11 is 0. The zero-order chi connectivity index (χ0) is 13.1. The number of aliphatic hydroxyl groups is 1. The molecular formula is C14H19NO4. The van der Waals surface area contributed by atoms with E-state index in [1.54, 1.807) is 0 Å². The predicted molar refractivity (Wildman–Crippen MR) is 69.7 cm³/mol. The second-order valence-electron chi connectivity index (χ2n) is 4.83. The largest absolute Gasteiger partial charge is 0.486 e. The fourth-order valence-corrected chi connectivity index (χ4v) is 2.40. The molecule has 1 aromatic carbocycles. The summed E-state index contributed by atoms with van der Waals surface area (Å²) in [5.74, 6) is 1.48. The SMILES string of the molecule is O[C@H](CN1CCOCC1)c1ccc2c(c1)OCCO2. The lowest BCUT2D eigenvalue weighted by Gasteiger charge is -2.29. The van der Waals surface area contributed by atoms with Gasteiger partial charge in [-0.05, 0) is 17.7 Å². The molecule has 0 amide bonds. The number of hydrogen-bond acceptors (Lipinski definition) is 5. The molecule has 19 heavy (non-hydrogen) atoms.